The molecular formula is C14H17NO3S. The van der Waals surface area contributed by atoms with Gasteiger partial charge in [-0.25, -0.2) is 0 Å². The standard InChI is InChI=1S/C14H17NO3S/c1-9(16)19-8-6-12(17)14(18)11-4-2-3-10-5-7-15-13(10)11/h2-5,7,12,14-15,17-18H,6,8H2,1H3. The molecule has 102 valence electrons. The van der Waals surface area contributed by atoms with Crippen LogP contribution in [-0.4, -0.2) is 32.2 Å². The predicted octanol–water partition coefficient (Wildman–Crippen LogP) is 2.23. The summed E-state index contributed by atoms with van der Waals surface area (Å²) in [5.74, 6) is 0.508. The van der Waals surface area contributed by atoms with Crippen molar-refractivity contribution in [2.24, 2.45) is 0 Å². The number of hydrogen-bond acceptors (Lipinski definition) is 4. The Morgan fingerprint density at radius 1 is 1.37 bits per heavy atom. The molecule has 2 atom stereocenters. The molecule has 0 amide bonds. The maximum atomic E-state index is 10.8. The summed E-state index contributed by atoms with van der Waals surface area (Å²) in [6.07, 6.45) is 0.358. The molecule has 4 nitrogen and oxygen atoms in total. The number of aromatic amines is 1. The van der Waals surface area contributed by atoms with E-state index >= 15 is 0 Å². The SMILES string of the molecule is CC(=O)SCCC(O)C(O)c1cccc2cc[nH]c12. The highest BCUT2D eigenvalue weighted by Crippen LogP contribution is 2.26. The number of fused-ring (bicyclic) bond motifs is 1. The summed E-state index contributed by atoms with van der Waals surface area (Å²) in [6.45, 7) is 1.49. The van der Waals surface area contributed by atoms with Crippen LogP contribution in [-0.2, 0) is 4.79 Å². The molecule has 0 spiro atoms. The van der Waals surface area contributed by atoms with E-state index in [0.29, 0.717) is 17.7 Å². The Kier molecular flexibility index (Phi) is 4.63. The monoisotopic (exact) mass is 279 g/mol. The molecule has 0 aliphatic carbocycles. The molecule has 0 bridgehead atoms. The van der Waals surface area contributed by atoms with Gasteiger partial charge in [-0.05, 0) is 17.9 Å². The Morgan fingerprint density at radius 2 is 2.16 bits per heavy atom. The second kappa shape index (κ2) is 6.23. The number of thioether (sulfide) groups is 1. The number of aromatic nitrogens is 1. The molecule has 0 aliphatic rings. The maximum Gasteiger partial charge on any atom is 0.185 e. The number of benzene rings is 1. The summed E-state index contributed by atoms with van der Waals surface area (Å²) in [4.78, 5) is 13.9. The van der Waals surface area contributed by atoms with E-state index in [-0.39, 0.29) is 5.12 Å². The van der Waals surface area contributed by atoms with Crippen molar-refractivity contribution >= 4 is 27.8 Å². The van der Waals surface area contributed by atoms with E-state index in [0.717, 1.165) is 22.7 Å². The lowest BCUT2D eigenvalue weighted by molar-refractivity contribution is -0.109. The van der Waals surface area contributed by atoms with E-state index in [1.54, 1.807) is 12.3 Å². The molecule has 19 heavy (non-hydrogen) atoms. The molecule has 0 saturated carbocycles. The highest BCUT2D eigenvalue weighted by atomic mass is 32.2. The topological polar surface area (TPSA) is 73.3 Å². The predicted molar refractivity (Wildman–Crippen MR) is 77.0 cm³/mol. The zero-order valence-corrected chi connectivity index (χ0v) is 11.5. The summed E-state index contributed by atoms with van der Waals surface area (Å²) in [5, 5.41) is 21.2. The van der Waals surface area contributed by atoms with Gasteiger partial charge in [-0.15, -0.1) is 0 Å². The lowest BCUT2D eigenvalue weighted by Crippen LogP contribution is -2.19. The van der Waals surface area contributed by atoms with Crippen LogP contribution in [0.4, 0.5) is 0 Å². The van der Waals surface area contributed by atoms with Gasteiger partial charge in [0, 0.05) is 24.4 Å². The van der Waals surface area contributed by atoms with Gasteiger partial charge in [0.05, 0.1) is 11.6 Å². The van der Waals surface area contributed by atoms with Crippen molar-refractivity contribution in [2.45, 2.75) is 25.6 Å². The molecule has 2 rings (SSSR count). The molecule has 2 unspecified atom stereocenters. The van der Waals surface area contributed by atoms with Crippen LogP contribution < -0.4 is 0 Å². The number of carbonyl (C=O) groups is 1. The van der Waals surface area contributed by atoms with Crippen LogP contribution in [0.1, 0.15) is 25.0 Å². The van der Waals surface area contributed by atoms with Crippen molar-refractivity contribution in [2.75, 3.05) is 5.75 Å². The molecule has 1 aromatic carbocycles. The second-order valence-corrected chi connectivity index (χ2v) is 5.70. The average Bonchev–Trinajstić information content (AvgIpc) is 2.85. The Hall–Kier alpha value is -1.30. The highest BCUT2D eigenvalue weighted by Gasteiger charge is 2.20. The van der Waals surface area contributed by atoms with Gasteiger partial charge in [-0.3, -0.25) is 4.79 Å². The summed E-state index contributed by atoms with van der Waals surface area (Å²) < 4.78 is 0. The van der Waals surface area contributed by atoms with Crippen LogP contribution in [0.15, 0.2) is 30.5 Å². The third-order valence-electron chi connectivity index (χ3n) is 3.02. The number of para-hydroxylation sites is 1. The Bertz CT molecular complexity index is 567. The maximum absolute atomic E-state index is 10.8. The number of aliphatic hydroxyl groups is 2. The fraction of sp³-hybridized carbons (Fsp3) is 0.357. The second-order valence-electron chi connectivity index (χ2n) is 4.43. The zero-order valence-electron chi connectivity index (χ0n) is 10.7. The smallest absolute Gasteiger partial charge is 0.185 e. The molecule has 0 fully saturated rings. The largest absolute Gasteiger partial charge is 0.390 e. The average molecular weight is 279 g/mol. The van der Waals surface area contributed by atoms with Crippen LogP contribution in [0.25, 0.3) is 10.9 Å². The Morgan fingerprint density at radius 3 is 2.89 bits per heavy atom. The highest BCUT2D eigenvalue weighted by molar-refractivity contribution is 8.13. The first-order valence-corrected chi connectivity index (χ1v) is 7.13. The van der Waals surface area contributed by atoms with Crippen LogP contribution in [0.3, 0.4) is 0 Å². The molecule has 0 aliphatic heterocycles. The van der Waals surface area contributed by atoms with E-state index in [9.17, 15) is 15.0 Å². The Labute approximate surface area is 115 Å². The van der Waals surface area contributed by atoms with Gasteiger partial charge < -0.3 is 15.2 Å². The van der Waals surface area contributed by atoms with Crippen molar-refractivity contribution in [3.63, 3.8) is 0 Å². The molecule has 1 aromatic heterocycles. The Balaban J connectivity index is 2.08. The van der Waals surface area contributed by atoms with Crippen LogP contribution in [0.5, 0.6) is 0 Å². The minimum absolute atomic E-state index is 0.0214. The number of nitrogens with one attached hydrogen (secondary N) is 1. The summed E-state index contributed by atoms with van der Waals surface area (Å²) in [7, 11) is 0. The van der Waals surface area contributed by atoms with E-state index in [4.69, 9.17) is 0 Å². The number of aliphatic hydroxyl groups excluding tert-OH is 2. The summed E-state index contributed by atoms with van der Waals surface area (Å²) in [6, 6.07) is 7.51. The quantitative estimate of drug-likeness (QED) is 0.784. The normalized spacial score (nSPS) is 14.5. The first kappa shape index (κ1) is 14.1. The number of carbonyl (C=O) groups excluding carboxylic acids is 1. The fourth-order valence-electron chi connectivity index (χ4n) is 2.04. The molecule has 1 heterocycles. The van der Waals surface area contributed by atoms with Crippen molar-refractivity contribution in [1.29, 1.82) is 0 Å². The summed E-state index contributed by atoms with van der Waals surface area (Å²) >= 11 is 1.16. The molecule has 3 N–H and O–H groups in total. The van der Waals surface area contributed by atoms with Gasteiger partial charge >= 0.3 is 0 Å². The van der Waals surface area contributed by atoms with E-state index in [1.165, 1.54) is 6.92 Å². The van der Waals surface area contributed by atoms with E-state index in [2.05, 4.69) is 4.98 Å². The molecule has 0 saturated heterocycles. The lowest BCUT2D eigenvalue weighted by Gasteiger charge is -2.18. The lowest BCUT2D eigenvalue weighted by atomic mass is 10.0. The number of rotatable bonds is 5. The first-order valence-electron chi connectivity index (χ1n) is 6.15. The number of hydrogen-bond donors (Lipinski definition) is 3. The zero-order chi connectivity index (χ0) is 13.8. The van der Waals surface area contributed by atoms with Crippen molar-refractivity contribution in [3.05, 3.63) is 36.0 Å². The van der Waals surface area contributed by atoms with Gasteiger partial charge in [0.25, 0.3) is 0 Å². The minimum atomic E-state index is -0.949. The van der Waals surface area contributed by atoms with Gasteiger partial charge in [-0.2, -0.15) is 0 Å². The van der Waals surface area contributed by atoms with Crippen LogP contribution in [0.2, 0.25) is 0 Å². The molecule has 0 radical (unpaired) electrons. The molecular weight excluding hydrogens is 262 g/mol. The summed E-state index contributed by atoms with van der Waals surface area (Å²) in [5.41, 5.74) is 1.52. The van der Waals surface area contributed by atoms with Crippen LogP contribution >= 0.6 is 11.8 Å². The minimum Gasteiger partial charge on any atom is -0.390 e. The third kappa shape index (κ3) is 3.37. The third-order valence-corrected chi connectivity index (χ3v) is 3.87. The van der Waals surface area contributed by atoms with Gasteiger partial charge in [0.2, 0.25) is 0 Å². The van der Waals surface area contributed by atoms with Crippen molar-refractivity contribution in [3.8, 4) is 0 Å². The molecule has 5 heteroatoms. The van der Waals surface area contributed by atoms with Gasteiger partial charge in [0.1, 0.15) is 6.10 Å². The first-order chi connectivity index (χ1) is 9.09. The van der Waals surface area contributed by atoms with E-state index in [1.807, 2.05) is 18.2 Å². The van der Waals surface area contributed by atoms with Gasteiger partial charge in [-0.1, -0.05) is 30.0 Å². The van der Waals surface area contributed by atoms with Crippen molar-refractivity contribution in [1.82, 2.24) is 4.98 Å². The van der Waals surface area contributed by atoms with Crippen LogP contribution in [0, 0.1) is 0 Å². The fourth-order valence-corrected chi connectivity index (χ4v) is 2.69. The van der Waals surface area contributed by atoms with Crippen molar-refractivity contribution < 1.29 is 15.0 Å². The molecule has 2 aromatic rings. The van der Waals surface area contributed by atoms with E-state index < -0.39 is 12.2 Å². The van der Waals surface area contributed by atoms with Gasteiger partial charge in [0.15, 0.2) is 5.12 Å². The number of H-pyrrole nitrogens is 1.